The Labute approximate surface area is 166 Å². The van der Waals surface area contributed by atoms with Crippen molar-refractivity contribution >= 4 is 25.8 Å². The molecule has 0 aliphatic heterocycles. The Hall–Kier alpha value is -1.14. The van der Waals surface area contributed by atoms with E-state index in [-0.39, 0.29) is 5.25 Å². The van der Waals surface area contributed by atoms with Crippen LogP contribution in [0.5, 0.6) is 0 Å². The molecule has 0 aliphatic carbocycles. The Morgan fingerprint density at radius 1 is 1.12 bits per heavy atom. The molecule has 144 valence electrons. The molecule has 2 rings (SSSR count). The SMILES string of the molecule is CC(C)S(=O)(=O)CCCCCCCc1cccc(-c2nn(C)cc2Br)c1. The summed E-state index contributed by atoms with van der Waals surface area (Å²) in [5.41, 5.74) is 3.43. The van der Waals surface area contributed by atoms with Crippen molar-refractivity contribution < 1.29 is 8.42 Å². The normalized spacial score (nSPS) is 12.0. The highest BCUT2D eigenvalue weighted by molar-refractivity contribution is 9.10. The summed E-state index contributed by atoms with van der Waals surface area (Å²) in [5, 5.41) is 4.25. The third-order valence-corrected chi connectivity index (χ3v) is 7.47. The van der Waals surface area contributed by atoms with Gasteiger partial charge in [-0.3, -0.25) is 4.68 Å². The average Bonchev–Trinajstić information content (AvgIpc) is 2.92. The Morgan fingerprint density at radius 3 is 2.46 bits per heavy atom. The number of rotatable bonds is 10. The van der Waals surface area contributed by atoms with Crippen LogP contribution in [0, 0.1) is 0 Å². The molecular weight excluding hydrogens is 412 g/mol. The smallest absolute Gasteiger partial charge is 0.152 e. The van der Waals surface area contributed by atoms with Crippen molar-refractivity contribution in [1.29, 1.82) is 0 Å². The first-order chi connectivity index (χ1) is 12.3. The van der Waals surface area contributed by atoms with Gasteiger partial charge in [-0.05, 0) is 60.7 Å². The van der Waals surface area contributed by atoms with E-state index in [1.54, 1.807) is 13.8 Å². The second-order valence-corrected chi connectivity index (χ2v) is 10.7. The van der Waals surface area contributed by atoms with Crippen molar-refractivity contribution in [3.8, 4) is 11.3 Å². The van der Waals surface area contributed by atoms with Crippen LogP contribution < -0.4 is 0 Å². The summed E-state index contributed by atoms with van der Waals surface area (Å²) in [4.78, 5) is 0. The third-order valence-electron chi connectivity index (χ3n) is 4.60. The van der Waals surface area contributed by atoms with Crippen LogP contribution in [-0.4, -0.2) is 29.2 Å². The molecule has 0 saturated heterocycles. The minimum atomic E-state index is -2.88. The topological polar surface area (TPSA) is 52.0 Å². The minimum absolute atomic E-state index is 0.256. The summed E-state index contributed by atoms with van der Waals surface area (Å²) in [5.74, 6) is 0.325. The lowest BCUT2D eigenvalue weighted by molar-refractivity contribution is 0.577. The van der Waals surface area contributed by atoms with E-state index in [4.69, 9.17) is 0 Å². The first-order valence-corrected chi connectivity index (χ1v) is 11.8. The van der Waals surface area contributed by atoms with Gasteiger partial charge in [0.25, 0.3) is 0 Å². The van der Waals surface area contributed by atoms with E-state index >= 15 is 0 Å². The van der Waals surface area contributed by atoms with Gasteiger partial charge in [0, 0.05) is 18.8 Å². The molecule has 0 atom stereocenters. The van der Waals surface area contributed by atoms with Crippen molar-refractivity contribution in [2.45, 2.75) is 57.6 Å². The van der Waals surface area contributed by atoms with E-state index in [1.807, 2.05) is 17.9 Å². The van der Waals surface area contributed by atoms with Crippen LogP contribution in [0.2, 0.25) is 0 Å². The molecule has 0 bridgehead atoms. The lowest BCUT2D eigenvalue weighted by Crippen LogP contribution is -2.17. The zero-order valence-electron chi connectivity index (χ0n) is 15.9. The van der Waals surface area contributed by atoms with Crippen LogP contribution in [0.25, 0.3) is 11.3 Å². The Kier molecular flexibility index (Phi) is 7.89. The fourth-order valence-electron chi connectivity index (χ4n) is 2.93. The number of aryl methyl sites for hydroxylation is 2. The lowest BCUT2D eigenvalue weighted by atomic mass is 10.0. The third kappa shape index (κ3) is 6.23. The predicted octanol–water partition coefficient (Wildman–Crippen LogP) is 5.17. The molecule has 0 amide bonds. The van der Waals surface area contributed by atoms with Crippen LogP contribution in [0.1, 0.15) is 51.5 Å². The first kappa shape index (κ1) is 21.2. The van der Waals surface area contributed by atoms with Crippen molar-refractivity contribution in [2.75, 3.05) is 5.75 Å². The van der Waals surface area contributed by atoms with Crippen LogP contribution in [0.3, 0.4) is 0 Å². The molecule has 0 aliphatic rings. The molecule has 26 heavy (non-hydrogen) atoms. The quantitative estimate of drug-likeness (QED) is 0.478. The summed E-state index contributed by atoms with van der Waals surface area (Å²) >= 11 is 3.56. The maximum Gasteiger partial charge on any atom is 0.152 e. The summed E-state index contributed by atoms with van der Waals surface area (Å²) in [6.07, 6.45) is 8.14. The van der Waals surface area contributed by atoms with Gasteiger partial charge in [0.1, 0.15) is 5.69 Å². The summed E-state index contributed by atoms with van der Waals surface area (Å²) < 4.78 is 26.4. The molecule has 2 aromatic rings. The number of hydrogen-bond acceptors (Lipinski definition) is 3. The molecule has 0 N–H and O–H groups in total. The number of aromatic nitrogens is 2. The number of hydrogen-bond donors (Lipinski definition) is 0. The second-order valence-electron chi connectivity index (χ2n) is 7.13. The summed E-state index contributed by atoms with van der Waals surface area (Å²) in [7, 11) is -0.957. The van der Waals surface area contributed by atoms with Gasteiger partial charge in [-0.25, -0.2) is 8.42 Å². The van der Waals surface area contributed by atoms with E-state index in [0.717, 1.165) is 54.3 Å². The first-order valence-electron chi connectivity index (χ1n) is 9.29. The number of sulfone groups is 1. The van der Waals surface area contributed by atoms with Gasteiger partial charge in [-0.1, -0.05) is 37.5 Å². The molecular formula is C20H29BrN2O2S. The average molecular weight is 441 g/mol. The number of benzene rings is 1. The largest absolute Gasteiger partial charge is 0.274 e. The van der Waals surface area contributed by atoms with Gasteiger partial charge >= 0.3 is 0 Å². The molecule has 1 aromatic heterocycles. The van der Waals surface area contributed by atoms with Gasteiger partial charge in [0.05, 0.1) is 15.5 Å². The van der Waals surface area contributed by atoms with Crippen LogP contribution in [-0.2, 0) is 23.3 Å². The Bertz CT molecular complexity index is 813. The molecule has 0 radical (unpaired) electrons. The second kappa shape index (κ2) is 9.70. The van der Waals surface area contributed by atoms with Gasteiger partial charge in [0.15, 0.2) is 9.84 Å². The molecule has 0 fully saturated rings. The maximum atomic E-state index is 11.8. The van der Waals surface area contributed by atoms with Gasteiger partial charge in [0.2, 0.25) is 0 Å². The highest BCUT2D eigenvalue weighted by Crippen LogP contribution is 2.27. The van der Waals surface area contributed by atoms with E-state index < -0.39 is 9.84 Å². The highest BCUT2D eigenvalue weighted by atomic mass is 79.9. The molecule has 6 heteroatoms. The van der Waals surface area contributed by atoms with E-state index in [2.05, 4.69) is 45.3 Å². The molecule has 0 saturated carbocycles. The molecule has 0 spiro atoms. The Morgan fingerprint density at radius 2 is 1.81 bits per heavy atom. The van der Waals surface area contributed by atoms with Gasteiger partial charge in [-0.2, -0.15) is 5.10 Å². The van der Waals surface area contributed by atoms with Crippen molar-refractivity contribution in [2.24, 2.45) is 7.05 Å². The monoisotopic (exact) mass is 440 g/mol. The van der Waals surface area contributed by atoms with Gasteiger partial charge < -0.3 is 0 Å². The maximum absolute atomic E-state index is 11.8. The number of unbranched alkanes of at least 4 members (excludes halogenated alkanes) is 4. The van der Waals surface area contributed by atoms with Crippen LogP contribution in [0.15, 0.2) is 34.9 Å². The van der Waals surface area contributed by atoms with Crippen LogP contribution in [0.4, 0.5) is 0 Å². The lowest BCUT2D eigenvalue weighted by Gasteiger charge is -2.07. The predicted molar refractivity (Wildman–Crippen MR) is 112 cm³/mol. The van der Waals surface area contributed by atoms with E-state index in [1.165, 1.54) is 5.56 Å². The zero-order valence-corrected chi connectivity index (χ0v) is 18.3. The van der Waals surface area contributed by atoms with Crippen molar-refractivity contribution in [3.05, 3.63) is 40.5 Å². The molecule has 0 unspecified atom stereocenters. The zero-order chi connectivity index (χ0) is 19.2. The van der Waals surface area contributed by atoms with Crippen LogP contribution >= 0.6 is 15.9 Å². The molecule has 4 nitrogen and oxygen atoms in total. The Balaban J connectivity index is 1.74. The highest BCUT2D eigenvalue weighted by Gasteiger charge is 2.14. The fourth-order valence-corrected chi connectivity index (χ4v) is 4.61. The number of halogens is 1. The minimum Gasteiger partial charge on any atom is -0.274 e. The summed E-state index contributed by atoms with van der Waals surface area (Å²) in [6.45, 7) is 3.51. The molecule has 1 heterocycles. The summed E-state index contributed by atoms with van der Waals surface area (Å²) in [6, 6.07) is 8.55. The van der Waals surface area contributed by atoms with E-state index in [9.17, 15) is 8.42 Å². The van der Waals surface area contributed by atoms with Gasteiger partial charge in [-0.15, -0.1) is 0 Å². The standard InChI is InChI=1S/C20H29BrN2O2S/c1-16(2)26(24,25)13-8-6-4-5-7-10-17-11-9-12-18(14-17)20-19(21)15-23(3)22-20/h9,11-12,14-16H,4-8,10,13H2,1-3H3. The van der Waals surface area contributed by atoms with E-state index in [0.29, 0.717) is 5.75 Å². The van der Waals surface area contributed by atoms with Crippen molar-refractivity contribution in [3.63, 3.8) is 0 Å². The molecule has 1 aromatic carbocycles. The van der Waals surface area contributed by atoms with Crippen molar-refractivity contribution in [1.82, 2.24) is 9.78 Å². The number of nitrogens with zero attached hydrogens (tertiary/aromatic N) is 2. The fraction of sp³-hybridized carbons (Fsp3) is 0.550.